The van der Waals surface area contributed by atoms with Crippen LogP contribution < -0.4 is 10.1 Å². The highest BCUT2D eigenvalue weighted by Gasteiger charge is 2.16. The minimum atomic E-state index is -2.91. The molecule has 0 aliphatic carbocycles. The van der Waals surface area contributed by atoms with Crippen LogP contribution in [0.5, 0.6) is 5.75 Å². The lowest BCUT2D eigenvalue weighted by Gasteiger charge is -2.12. The number of esters is 1. The van der Waals surface area contributed by atoms with Crippen molar-refractivity contribution in [2.45, 2.75) is 26.2 Å². The summed E-state index contributed by atoms with van der Waals surface area (Å²) >= 11 is 0. The molecule has 0 heterocycles. The zero-order valence-electron chi connectivity index (χ0n) is 14.9. The fourth-order valence-corrected chi connectivity index (χ4v) is 2.13. The van der Waals surface area contributed by atoms with Gasteiger partial charge in [0.1, 0.15) is 11.6 Å². The molecular formula is C20H18F3NO4. The van der Waals surface area contributed by atoms with Gasteiger partial charge in [0.2, 0.25) is 0 Å². The van der Waals surface area contributed by atoms with Gasteiger partial charge in [0.15, 0.2) is 6.10 Å². The number of halogens is 3. The largest absolute Gasteiger partial charge is 0.449 e. The van der Waals surface area contributed by atoms with E-state index in [1.165, 1.54) is 61.5 Å². The van der Waals surface area contributed by atoms with Crippen molar-refractivity contribution in [1.29, 1.82) is 0 Å². The Morgan fingerprint density at radius 2 is 1.71 bits per heavy atom. The van der Waals surface area contributed by atoms with E-state index in [2.05, 4.69) is 10.1 Å². The van der Waals surface area contributed by atoms with Gasteiger partial charge in [0.05, 0.1) is 0 Å². The number of ether oxygens (including phenoxy) is 2. The number of amides is 1. The third-order valence-corrected chi connectivity index (χ3v) is 3.56. The SMILES string of the molecule is C[C@@H](OC(=O)/C=C/c1ccc(OC(F)F)cc1)C(=O)NCc1ccc(F)cc1. The van der Waals surface area contributed by atoms with Crippen LogP contribution in [0.25, 0.3) is 6.08 Å². The van der Waals surface area contributed by atoms with Crippen LogP contribution in [0.1, 0.15) is 18.1 Å². The average molecular weight is 393 g/mol. The highest BCUT2D eigenvalue weighted by molar-refractivity contribution is 5.90. The van der Waals surface area contributed by atoms with Crippen molar-refractivity contribution in [3.05, 3.63) is 71.6 Å². The van der Waals surface area contributed by atoms with Gasteiger partial charge in [-0.25, -0.2) is 9.18 Å². The van der Waals surface area contributed by atoms with Crippen molar-refractivity contribution in [2.75, 3.05) is 0 Å². The van der Waals surface area contributed by atoms with Crippen molar-refractivity contribution < 1.29 is 32.2 Å². The molecule has 5 nitrogen and oxygen atoms in total. The number of carbonyl (C=O) groups is 2. The Balaban J connectivity index is 1.79. The van der Waals surface area contributed by atoms with Gasteiger partial charge in [-0.1, -0.05) is 24.3 Å². The lowest BCUT2D eigenvalue weighted by atomic mass is 10.2. The summed E-state index contributed by atoms with van der Waals surface area (Å²) in [4.78, 5) is 23.8. The maximum atomic E-state index is 12.8. The second-order valence-corrected chi connectivity index (χ2v) is 5.70. The van der Waals surface area contributed by atoms with Crippen LogP contribution in [-0.2, 0) is 20.9 Å². The van der Waals surface area contributed by atoms with Gasteiger partial charge in [-0.05, 0) is 48.4 Å². The Morgan fingerprint density at radius 3 is 2.32 bits per heavy atom. The third kappa shape index (κ3) is 7.14. The molecule has 2 rings (SSSR count). The predicted molar refractivity (Wildman–Crippen MR) is 95.9 cm³/mol. The van der Waals surface area contributed by atoms with Crippen molar-refractivity contribution in [3.8, 4) is 5.75 Å². The fraction of sp³-hybridized carbons (Fsp3) is 0.200. The van der Waals surface area contributed by atoms with Crippen molar-refractivity contribution in [1.82, 2.24) is 5.32 Å². The number of alkyl halides is 2. The number of hydrogen-bond donors (Lipinski definition) is 1. The summed E-state index contributed by atoms with van der Waals surface area (Å²) < 4.78 is 46.2. The number of nitrogens with one attached hydrogen (secondary N) is 1. The summed E-state index contributed by atoms with van der Waals surface area (Å²) in [5.74, 6) is -1.61. The molecule has 0 aliphatic heterocycles. The molecule has 0 spiro atoms. The van der Waals surface area contributed by atoms with E-state index in [-0.39, 0.29) is 18.1 Å². The molecule has 0 aliphatic rings. The van der Waals surface area contributed by atoms with Gasteiger partial charge >= 0.3 is 12.6 Å². The van der Waals surface area contributed by atoms with Gasteiger partial charge in [-0.15, -0.1) is 0 Å². The second kappa shape index (κ2) is 10.1. The summed E-state index contributed by atoms with van der Waals surface area (Å²) in [6.07, 6.45) is 1.50. The molecule has 1 amide bonds. The molecule has 2 aromatic rings. The Hall–Kier alpha value is -3.29. The van der Waals surface area contributed by atoms with Gasteiger partial charge in [0, 0.05) is 12.6 Å². The van der Waals surface area contributed by atoms with Crippen LogP contribution in [0, 0.1) is 5.82 Å². The normalized spacial score (nSPS) is 12.0. The molecule has 0 unspecified atom stereocenters. The third-order valence-electron chi connectivity index (χ3n) is 3.56. The Morgan fingerprint density at radius 1 is 1.07 bits per heavy atom. The van der Waals surface area contributed by atoms with Gasteiger partial charge in [0.25, 0.3) is 5.91 Å². The van der Waals surface area contributed by atoms with E-state index in [0.717, 1.165) is 6.08 Å². The topological polar surface area (TPSA) is 64.6 Å². The lowest BCUT2D eigenvalue weighted by Crippen LogP contribution is -2.35. The molecule has 1 atom stereocenters. The maximum Gasteiger partial charge on any atom is 0.387 e. The number of benzene rings is 2. The summed E-state index contributed by atoms with van der Waals surface area (Å²) in [6, 6.07) is 11.3. The molecule has 8 heteroatoms. The van der Waals surface area contributed by atoms with E-state index in [0.29, 0.717) is 11.1 Å². The van der Waals surface area contributed by atoms with Crippen molar-refractivity contribution >= 4 is 18.0 Å². The standard InChI is InChI=1S/C20H18F3NO4/c1-13(19(26)24-12-15-2-7-16(21)8-3-15)27-18(25)11-6-14-4-9-17(10-5-14)28-20(22)23/h2-11,13,20H,12H2,1H3,(H,24,26)/b11-6+/t13-/m1/s1. The van der Waals surface area contributed by atoms with Crippen LogP contribution in [0.3, 0.4) is 0 Å². The summed E-state index contributed by atoms with van der Waals surface area (Å²) in [5.41, 5.74) is 1.26. The van der Waals surface area contributed by atoms with Crippen molar-refractivity contribution in [3.63, 3.8) is 0 Å². The molecule has 0 saturated carbocycles. The minimum absolute atomic E-state index is 0.00109. The van der Waals surface area contributed by atoms with Gasteiger partial charge < -0.3 is 14.8 Å². The van der Waals surface area contributed by atoms with E-state index in [1.54, 1.807) is 0 Å². The van der Waals surface area contributed by atoms with Crippen molar-refractivity contribution in [2.24, 2.45) is 0 Å². The molecule has 2 aromatic carbocycles. The first-order valence-corrected chi connectivity index (χ1v) is 8.29. The van der Waals surface area contributed by atoms with E-state index in [1.807, 2.05) is 0 Å². The molecule has 0 aromatic heterocycles. The first kappa shape index (κ1) is 21.0. The zero-order chi connectivity index (χ0) is 20.5. The van der Waals surface area contributed by atoms with Crippen LogP contribution in [0.15, 0.2) is 54.6 Å². The highest BCUT2D eigenvalue weighted by Crippen LogP contribution is 2.15. The zero-order valence-corrected chi connectivity index (χ0v) is 14.9. The van der Waals surface area contributed by atoms with Gasteiger partial charge in [-0.2, -0.15) is 8.78 Å². The molecule has 0 radical (unpaired) electrons. The minimum Gasteiger partial charge on any atom is -0.449 e. The number of rotatable bonds is 8. The monoisotopic (exact) mass is 393 g/mol. The van der Waals surface area contributed by atoms with Gasteiger partial charge in [-0.3, -0.25) is 4.79 Å². The average Bonchev–Trinajstić information content (AvgIpc) is 2.66. The Kier molecular flexibility index (Phi) is 7.62. The summed E-state index contributed by atoms with van der Waals surface area (Å²) in [6.45, 7) is -1.32. The highest BCUT2D eigenvalue weighted by atomic mass is 19.3. The molecular weight excluding hydrogens is 375 g/mol. The molecule has 1 N–H and O–H groups in total. The molecule has 28 heavy (non-hydrogen) atoms. The van der Waals surface area contributed by atoms with E-state index in [4.69, 9.17) is 4.74 Å². The molecule has 0 bridgehead atoms. The summed E-state index contributed by atoms with van der Waals surface area (Å²) in [5, 5.41) is 2.58. The summed E-state index contributed by atoms with van der Waals surface area (Å²) in [7, 11) is 0. The first-order valence-electron chi connectivity index (χ1n) is 8.29. The predicted octanol–water partition coefficient (Wildman–Crippen LogP) is 3.69. The maximum absolute atomic E-state index is 12.8. The fourth-order valence-electron chi connectivity index (χ4n) is 2.13. The van der Waals surface area contributed by atoms with Crippen LogP contribution >= 0.6 is 0 Å². The second-order valence-electron chi connectivity index (χ2n) is 5.70. The lowest BCUT2D eigenvalue weighted by molar-refractivity contribution is -0.150. The molecule has 0 fully saturated rings. The van der Waals surface area contributed by atoms with Crippen LogP contribution in [0.2, 0.25) is 0 Å². The Bertz CT molecular complexity index is 820. The molecule has 148 valence electrons. The smallest absolute Gasteiger partial charge is 0.387 e. The quantitative estimate of drug-likeness (QED) is 0.549. The molecule has 0 saturated heterocycles. The van der Waals surface area contributed by atoms with E-state index >= 15 is 0 Å². The number of hydrogen-bond acceptors (Lipinski definition) is 4. The number of carbonyl (C=O) groups excluding carboxylic acids is 2. The van der Waals surface area contributed by atoms with Crippen LogP contribution in [0.4, 0.5) is 13.2 Å². The Labute approximate surface area is 159 Å². The van der Waals surface area contributed by atoms with E-state index in [9.17, 15) is 22.8 Å². The first-order chi connectivity index (χ1) is 13.3. The van der Waals surface area contributed by atoms with Crippen LogP contribution in [-0.4, -0.2) is 24.6 Å². The van der Waals surface area contributed by atoms with E-state index < -0.39 is 24.6 Å².